The average molecular weight is 737 g/mol. The number of nitrogens with zero attached hydrogens (tertiary/aromatic N) is 2. The highest BCUT2D eigenvalue weighted by Crippen LogP contribution is 2.59. The Morgan fingerprint density at radius 3 is 2.45 bits per heavy atom. The van der Waals surface area contributed by atoms with Crippen LogP contribution in [0.4, 0.5) is 5.69 Å². The molecule has 4 aliphatic rings. The summed E-state index contributed by atoms with van der Waals surface area (Å²) in [6.45, 7) is 3.77. The van der Waals surface area contributed by atoms with Crippen LogP contribution >= 0.6 is 15.9 Å². The first kappa shape index (κ1) is 34.8. The number of nitrogens with one attached hydrogen (secondary N) is 1. The fraction of sp³-hybridized carbons (Fsp3) is 0.459. The normalized spacial score (nSPS) is 30.2. The second-order valence-corrected chi connectivity index (χ2v) is 14.3. The molecule has 2 saturated heterocycles. The molecule has 4 aliphatic heterocycles. The second-order valence-electron chi connectivity index (χ2n) is 13.3. The third kappa shape index (κ3) is 6.53. The molecule has 7 atom stereocenters. The minimum atomic E-state index is -1.51. The number of carbonyl (C=O) groups is 4. The molecule has 5 bridgehead atoms. The number of cyclic esters (lactones) is 1. The summed E-state index contributed by atoms with van der Waals surface area (Å²) in [6, 6.07) is 14.2. The Kier molecular flexibility index (Phi) is 10.3. The monoisotopic (exact) mass is 735 g/mol. The Balaban J connectivity index is 1.48. The van der Waals surface area contributed by atoms with Crippen LogP contribution in [-0.2, 0) is 28.7 Å². The molecule has 1 spiro atoms. The van der Waals surface area contributed by atoms with Gasteiger partial charge in [0.15, 0.2) is 0 Å². The van der Waals surface area contributed by atoms with Gasteiger partial charge in [-0.15, -0.1) is 0 Å². The number of aliphatic hydroxyl groups excluding tert-OH is 1. The topological polar surface area (TPSA) is 135 Å². The van der Waals surface area contributed by atoms with Crippen molar-refractivity contribution in [3.63, 3.8) is 0 Å². The Bertz CT molecular complexity index is 1630. The van der Waals surface area contributed by atoms with E-state index in [4.69, 9.17) is 14.2 Å². The second kappa shape index (κ2) is 14.5. The van der Waals surface area contributed by atoms with Crippen molar-refractivity contribution in [2.75, 3.05) is 31.7 Å². The number of allylic oxidation sites excluding steroid dienone is 1. The zero-order valence-corrected chi connectivity index (χ0v) is 29.4. The van der Waals surface area contributed by atoms with Gasteiger partial charge in [0.2, 0.25) is 11.8 Å². The third-order valence-corrected chi connectivity index (χ3v) is 10.5. The molecule has 2 aromatic rings. The first-order chi connectivity index (χ1) is 23.6. The molecule has 260 valence electrons. The number of fused-ring (bicyclic) bond motifs is 2. The van der Waals surface area contributed by atoms with E-state index in [-0.39, 0.29) is 37.9 Å². The minimum absolute atomic E-state index is 0.0385. The molecule has 12 heteroatoms. The summed E-state index contributed by atoms with van der Waals surface area (Å²) in [6.07, 6.45) is 4.76. The molecule has 11 nitrogen and oxygen atoms in total. The van der Waals surface area contributed by atoms with Crippen LogP contribution in [0.3, 0.4) is 0 Å². The lowest BCUT2D eigenvalue weighted by molar-refractivity contribution is -0.160. The molecule has 2 aromatic carbocycles. The van der Waals surface area contributed by atoms with Gasteiger partial charge in [-0.3, -0.25) is 19.2 Å². The first-order valence-corrected chi connectivity index (χ1v) is 17.5. The molecular formula is C37H42BrN3O8. The van der Waals surface area contributed by atoms with Gasteiger partial charge in [0, 0.05) is 23.1 Å². The fourth-order valence-corrected chi connectivity index (χ4v) is 8.31. The molecule has 6 rings (SSSR count). The van der Waals surface area contributed by atoms with Gasteiger partial charge < -0.3 is 34.4 Å². The summed E-state index contributed by atoms with van der Waals surface area (Å²) in [4.78, 5) is 60.0. The number of hydrogen-bond donors (Lipinski definition) is 2. The number of carbonyl (C=O) groups excluding carboxylic acids is 4. The molecule has 3 amide bonds. The number of aliphatic hydroxyl groups is 1. The summed E-state index contributed by atoms with van der Waals surface area (Å²) < 4.78 is 18.7. The number of amides is 3. The van der Waals surface area contributed by atoms with E-state index in [2.05, 4.69) is 21.2 Å². The van der Waals surface area contributed by atoms with Gasteiger partial charge in [0.05, 0.1) is 32.2 Å². The van der Waals surface area contributed by atoms with Crippen molar-refractivity contribution >= 4 is 45.3 Å². The van der Waals surface area contributed by atoms with Gasteiger partial charge in [-0.25, -0.2) is 0 Å². The third-order valence-electron chi connectivity index (χ3n) is 9.77. The number of esters is 1. The predicted octanol–water partition coefficient (Wildman–Crippen LogP) is 4.06. The summed E-state index contributed by atoms with van der Waals surface area (Å²) >= 11 is 3.60. The van der Waals surface area contributed by atoms with Gasteiger partial charge in [0.25, 0.3) is 5.91 Å². The number of halogens is 1. The van der Waals surface area contributed by atoms with Crippen molar-refractivity contribution in [2.24, 2.45) is 17.8 Å². The maximum atomic E-state index is 15.1. The molecule has 4 heterocycles. The van der Waals surface area contributed by atoms with E-state index in [1.807, 2.05) is 56.3 Å². The number of likely N-dealkylation sites (tertiary alicyclic amines) is 1. The van der Waals surface area contributed by atoms with Gasteiger partial charge in [-0.1, -0.05) is 72.3 Å². The lowest BCUT2D eigenvalue weighted by Gasteiger charge is -2.39. The van der Waals surface area contributed by atoms with E-state index in [0.717, 1.165) is 0 Å². The largest absolute Gasteiger partial charge is 0.497 e. The molecule has 0 aromatic heterocycles. The van der Waals surface area contributed by atoms with Crippen molar-refractivity contribution in [3.05, 3.63) is 82.9 Å². The van der Waals surface area contributed by atoms with E-state index in [1.54, 1.807) is 42.4 Å². The van der Waals surface area contributed by atoms with Crippen molar-refractivity contribution in [1.82, 2.24) is 10.2 Å². The molecule has 0 aliphatic carbocycles. The summed E-state index contributed by atoms with van der Waals surface area (Å²) in [7, 11) is 1.56. The number of hydrogen-bond acceptors (Lipinski definition) is 8. The summed E-state index contributed by atoms with van der Waals surface area (Å²) in [5.41, 5.74) is -0.271. The first-order valence-electron chi connectivity index (χ1n) is 16.7. The van der Waals surface area contributed by atoms with Crippen LogP contribution in [-0.4, -0.2) is 84.3 Å². The minimum Gasteiger partial charge on any atom is -0.497 e. The summed E-state index contributed by atoms with van der Waals surface area (Å²) in [5, 5.41) is 13.6. The van der Waals surface area contributed by atoms with E-state index < -0.39 is 59.5 Å². The Morgan fingerprint density at radius 2 is 1.78 bits per heavy atom. The van der Waals surface area contributed by atoms with Gasteiger partial charge in [0.1, 0.15) is 35.5 Å². The maximum absolute atomic E-state index is 15.1. The van der Waals surface area contributed by atoms with Gasteiger partial charge >= 0.3 is 5.97 Å². The molecule has 49 heavy (non-hydrogen) atoms. The van der Waals surface area contributed by atoms with Crippen LogP contribution in [0.15, 0.2) is 77.3 Å². The van der Waals surface area contributed by atoms with E-state index >= 15 is 4.79 Å². The van der Waals surface area contributed by atoms with E-state index in [9.17, 15) is 19.5 Å². The smallest absolute Gasteiger partial charge is 0.313 e. The Morgan fingerprint density at radius 1 is 1.04 bits per heavy atom. The summed E-state index contributed by atoms with van der Waals surface area (Å²) in [5.74, 6) is -3.24. The zero-order valence-electron chi connectivity index (χ0n) is 27.8. The van der Waals surface area contributed by atoms with Crippen molar-refractivity contribution in [2.45, 2.75) is 63.0 Å². The van der Waals surface area contributed by atoms with Gasteiger partial charge in [-0.05, 0) is 54.7 Å². The molecule has 2 fully saturated rings. The average Bonchev–Trinajstić information content (AvgIpc) is 3.70. The zero-order chi connectivity index (χ0) is 34.9. The number of ether oxygens (including phenoxy) is 3. The van der Waals surface area contributed by atoms with E-state index in [1.165, 1.54) is 4.90 Å². The predicted molar refractivity (Wildman–Crippen MR) is 185 cm³/mol. The van der Waals surface area contributed by atoms with Gasteiger partial charge in [-0.2, -0.15) is 0 Å². The van der Waals surface area contributed by atoms with Crippen molar-refractivity contribution < 1.29 is 38.5 Å². The molecule has 0 saturated carbocycles. The van der Waals surface area contributed by atoms with Crippen molar-refractivity contribution in [3.8, 4) is 5.75 Å². The number of rotatable bonds is 7. The Hall–Kier alpha value is -4.00. The van der Waals surface area contributed by atoms with Crippen LogP contribution in [0.25, 0.3) is 0 Å². The van der Waals surface area contributed by atoms with Crippen LogP contribution in [0.5, 0.6) is 5.75 Å². The number of anilines is 1. The highest BCUT2D eigenvalue weighted by molar-refractivity contribution is 9.11. The quantitative estimate of drug-likeness (QED) is 0.322. The molecule has 2 N–H and O–H groups in total. The standard InChI is InChI=1S/C37H42BrN3O8/c1-22(2)18-25(21-42)41-33-35(45)40(24-13-15-26(47-3)16-14-24)17-9-5-8-12-29(43)39-20-28(23-10-6-4-7-11-23)48-36(46)30-31(34(41)44)37(33)19-27(38)32(30)49-37/h4-7,9-11,13-16,19,22,25,28,30-33,42H,8,12,17-18,20-21H2,1-3H3,(H,39,43)/b9-5-/t25-,28+,30+,31-,32+,33+,37-/m1/s1. The maximum Gasteiger partial charge on any atom is 0.313 e. The number of methoxy groups -OCH3 is 1. The Labute approximate surface area is 294 Å². The molecule has 0 radical (unpaired) electrons. The highest BCUT2D eigenvalue weighted by Gasteiger charge is 2.75. The van der Waals surface area contributed by atoms with Crippen molar-refractivity contribution in [1.29, 1.82) is 0 Å². The van der Waals surface area contributed by atoms with Crippen LogP contribution in [0, 0.1) is 17.8 Å². The SMILES string of the molecule is COc1ccc(N2C/C=C\CCC(=O)NC[C@@H](c3ccccc3)OC(=O)[C@@H]3[C@H]4O[C@@]5(C=C4Br)[C@H](C2=O)N([C@@H](CO)CC(C)C)C(=O)[C@@H]35)cc1. The molecule has 0 unspecified atom stereocenters. The fourth-order valence-electron chi connectivity index (χ4n) is 7.57. The van der Waals surface area contributed by atoms with E-state index in [0.29, 0.717) is 34.3 Å². The lowest BCUT2D eigenvalue weighted by atomic mass is 9.74. The lowest BCUT2D eigenvalue weighted by Crippen LogP contribution is -2.59. The highest BCUT2D eigenvalue weighted by atomic mass is 79.9. The molecular weight excluding hydrogens is 694 g/mol. The van der Waals surface area contributed by atoms with Crippen LogP contribution in [0.2, 0.25) is 0 Å². The number of benzene rings is 2. The van der Waals surface area contributed by atoms with Crippen LogP contribution in [0.1, 0.15) is 44.8 Å². The van der Waals surface area contributed by atoms with Crippen LogP contribution < -0.4 is 15.0 Å².